The molecular formula is C11H19N5O2. The van der Waals surface area contributed by atoms with Gasteiger partial charge in [0.05, 0.1) is 19.1 Å². The maximum Gasteiger partial charge on any atom is 0.266 e. The van der Waals surface area contributed by atoms with Crippen LogP contribution in [0.2, 0.25) is 0 Å². The number of ether oxygens (including phenoxy) is 1. The average Bonchev–Trinajstić information content (AvgIpc) is 2.98. The third-order valence-electron chi connectivity index (χ3n) is 3.66. The summed E-state index contributed by atoms with van der Waals surface area (Å²) in [6, 6.07) is -0.0363. The van der Waals surface area contributed by atoms with Gasteiger partial charge in [-0.05, 0) is 12.2 Å². The molecule has 7 nitrogen and oxygen atoms in total. The van der Waals surface area contributed by atoms with Gasteiger partial charge in [-0.3, -0.25) is 0 Å². The quantitative estimate of drug-likeness (QED) is 0.743. The van der Waals surface area contributed by atoms with E-state index in [0.29, 0.717) is 25.1 Å². The van der Waals surface area contributed by atoms with Crippen molar-refractivity contribution in [2.75, 3.05) is 51.3 Å². The van der Waals surface area contributed by atoms with Gasteiger partial charge in [0.25, 0.3) is 5.95 Å². The summed E-state index contributed by atoms with van der Waals surface area (Å²) in [7, 11) is 2.12. The lowest BCUT2D eigenvalue weighted by Gasteiger charge is -2.31. The second-order valence-electron chi connectivity index (χ2n) is 5.03. The molecular weight excluding hydrogens is 234 g/mol. The van der Waals surface area contributed by atoms with Crippen LogP contribution >= 0.6 is 0 Å². The zero-order valence-electron chi connectivity index (χ0n) is 10.6. The van der Waals surface area contributed by atoms with Gasteiger partial charge in [-0.2, -0.15) is 4.98 Å². The Bertz CT molecular complexity index is 402. The van der Waals surface area contributed by atoms with Crippen LogP contribution in [0.3, 0.4) is 0 Å². The Kier molecular flexibility index (Phi) is 3.19. The van der Waals surface area contributed by atoms with Crippen molar-refractivity contribution in [3.05, 3.63) is 5.89 Å². The predicted octanol–water partition coefficient (Wildman–Crippen LogP) is -0.737. The van der Waals surface area contributed by atoms with Crippen molar-refractivity contribution in [2.45, 2.75) is 12.0 Å². The molecule has 0 spiro atoms. The maximum atomic E-state index is 5.94. The molecule has 3 rings (SSSR count). The van der Waals surface area contributed by atoms with Gasteiger partial charge in [-0.25, -0.2) is 0 Å². The van der Waals surface area contributed by atoms with Crippen LogP contribution in [-0.2, 0) is 4.74 Å². The van der Waals surface area contributed by atoms with Crippen molar-refractivity contribution in [3.8, 4) is 0 Å². The standard InChI is InChI=1S/C11H19N5O2/c1-15-2-4-16(5-3-15)11-13-10(18-14-11)8-6-17-7-9(8)12/h8-9H,2-7,12H2,1H3. The molecule has 0 aromatic carbocycles. The molecule has 0 aliphatic carbocycles. The second-order valence-corrected chi connectivity index (χ2v) is 5.03. The van der Waals surface area contributed by atoms with E-state index < -0.39 is 0 Å². The van der Waals surface area contributed by atoms with Crippen LogP contribution < -0.4 is 10.6 Å². The Labute approximate surface area is 106 Å². The Balaban J connectivity index is 1.69. The molecule has 2 aliphatic heterocycles. The molecule has 2 fully saturated rings. The lowest BCUT2D eigenvalue weighted by atomic mass is 10.1. The molecule has 0 amide bonds. The van der Waals surface area contributed by atoms with Crippen molar-refractivity contribution in [2.24, 2.45) is 5.73 Å². The summed E-state index contributed by atoms with van der Waals surface area (Å²) in [6.45, 7) is 5.06. The van der Waals surface area contributed by atoms with Crippen molar-refractivity contribution in [1.29, 1.82) is 0 Å². The van der Waals surface area contributed by atoms with Gasteiger partial charge in [0.1, 0.15) is 0 Å². The number of hydrogen-bond donors (Lipinski definition) is 1. The van der Waals surface area contributed by atoms with Crippen LogP contribution in [0.5, 0.6) is 0 Å². The van der Waals surface area contributed by atoms with Crippen LogP contribution in [0.25, 0.3) is 0 Å². The first kappa shape index (κ1) is 11.9. The number of piperazine rings is 1. The number of aromatic nitrogens is 2. The van der Waals surface area contributed by atoms with Crippen LogP contribution in [0.15, 0.2) is 4.52 Å². The molecule has 1 aromatic rings. The smallest absolute Gasteiger partial charge is 0.266 e. The number of rotatable bonds is 2. The SMILES string of the molecule is CN1CCN(c2noc(C3COCC3N)n2)CC1. The van der Waals surface area contributed by atoms with E-state index in [0.717, 1.165) is 26.2 Å². The van der Waals surface area contributed by atoms with E-state index in [2.05, 4.69) is 27.0 Å². The number of nitrogens with two attached hydrogens (primary N) is 1. The summed E-state index contributed by atoms with van der Waals surface area (Å²) in [5.41, 5.74) is 5.94. The molecule has 1 aromatic heterocycles. The van der Waals surface area contributed by atoms with Crippen molar-refractivity contribution in [3.63, 3.8) is 0 Å². The molecule has 2 N–H and O–H groups in total. The highest BCUT2D eigenvalue weighted by Gasteiger charge is 2.32. The van der Waals surface area contributed by atoms with Gasteiger partial charge in [-0.1, -0.05) is 0 Å². The fraction of sp³-hybridized carbons (Fsp3) is 0.818. The van der Waals surface area contributed by atoms with E-state index >= 15 is 0 Å². The van der Waals surface area contributed by atoms with Crippen molar-refractivity contribution in [1.82, 2.24) is 15.0 Å². The summed E-state index contributed by atoms with van der Waals surface area (Å²) in [6.07, 6.45) is 0. The molecule has 2 unspecified atom stereocenters. The molecule has 0 radical (unpaired) electrons. The summed E-state index contributed by atoms with van der Waals surface area (Å²) in [4.78, 5) is 8.90. The predicted molar refractivity (Wildman–Crippen MR) is 65.5 cm³/mol. The van der Waals surface area contributed by atoms with Gasteiger partial charge in [-0.15, -0.1) is 0 Å². The minimum atomic E-state index is -0.0363. The van der Waals surface area contributed by atoms with Crippen molar-refractivity contribution < 1.29 is 9.26 Å². The van der Waals surface area contributed by atoms with Gasteiger partial charge in [0.2, 0.25) is 5.89 Å². The van der Waals surface area contributed by atoms with E-state index in [1.54, 1.807) is 0 Å². The monoisotopic (exact) mass is 253 g/mol. The molecule has 100 valence electrons. The lowest BCUT2D eigenvalue weighted by Crippen LogP contribution is -2.45. The fourth-order valence-corrected chi connectivity index (χ4v) is 2.34. The number of anilines is 1. The molecule has 7 heteroatoms. The molecule has 2 atom stereocenters. The van der Waals surface area contributed by atoms with Gasteiger partial charge in [0.15, 0.2) is 0 Å². The summed E-state index contributed by atoms with van der Waals surface area (Å²) < 4.78 is 10.6. The summed E-state index contributed by atoms with van der Waals surface area (Å²) in [5.74, 6) is 1.32. The minimum absolute atomic E-state index is 0.0363. The molecule has 2 aliphatic rings. The third kappa shape index (κ3) is 2.21. The van der Waals surface area contributed by atoms with Crippen LogP contribution in [0.1, 0.15) is 11.8 Å². The second kappa shape index (κ2) is 4.83. The maximum absolute atomic E-state index is 5.94. The fourth-order valence-electron chi connectivity index (χ4n) is 2.34. The zero-order chi connectivity index (χ0) is 12.5. The normalized spacial score (nSPS) is 30.0. The Morgan fingerprint density at radius 1 is 1.22 bits per heavy atom. The number of likely N-dealkylation sites (N-methyl/N-ethyl adjacent to an activating group) is 1. The average molecular weight is 253 g/mol. The van der Waals surface area contributed by atoms with E-state index in [4.69, 9.17) is 15.0 Å². The first-order valence-electron chi connectivity index (χ1n) is 6.34. The van der Waals surface area contributed by atoms with Gasteiger partial charge >= 0.3 is 0 Å². The highest BCUT2D eigenvalue weighted by atomic mass is 16.5. The van der Waals surface area contributed by atoms with E-state index in [9.17, 15) is 0 Å². The number of nitrogens with zero attached hydrogens (tertiary/aromatic N) is 4. The van der Waals surface area contributed by atoms with E-state index in [-0.39, 0.29) is 12.0 Å². The Morgan fingerprint density at radius 2 is 2.00 bits per heavy atom. The van der Waals surface area contributed by atoms with Gasteiger partial charge < -0.3 is 24.8 Å². The highest BCUT2D eigenvalue weighted by molar-refractivity contribution is 5.29. The largest absolute Gasteiger partial charge is 0.379 e. The highest BCUT2D eigenvalue weighted by Crippen LogP contribution is 2.24. The van der Waals surface area contributed by atoms with Gasteiger partial charge in [0, 0.05) is 32.2 Å². The molecule has 0 saturated carbocycles. The van der Waals surface area contributed by atoms with Crippen LogP contribution in [0.4, 0.5) is 5.95 Å². The van der Waals surface area contributed by atoms with E-state index in [1.165, 1.54) is 0 Å². The first-order valence-corrected chi connectivity index (χ1v) is 6.34. The Morgan fingerprint density at radius 3 is 2.67 bits per heavy atom. The summed E-state index contributed by atoms with van der Waals surface area (Å²) in [5, 5.41) is 4.05. The molecule has 3 heterocycles. The summed E-state index contributed by atoms with van der Waals surface area (Å²) >= 11 is 0. The van der Waals surface area contributed by atoms with Crippen LogP contribution in [0, 0.1) is 0 Å². The van der Waals surface area contributed by atoms with Crippen molar-refractivity contribution >= 4 is 5.95 Å². The molecule has 18 heavy (non-hydrogen) atoms. The third-order valence-corrected chi connectivity index (χ3v) is 3.66. The topological polar surface area (TPSA) is 80.7 Å². The Hall–Kier alpha value is -1.18. The molecule has 2 saturated heterocycles. The van der Waals surface area contributed by atoms with Crippen LogP contribution in [-0.4, -0.2) is 67.5 Å². The first-order chi connectivity index (χ1) is 8.74. The van der Waals surface area contributed by atoms with E-state index in [1.807, 2.05) is 0 Å². The molecule has 0 bridgehead atoms. The lowest BCUT2D eigenvalue weighted by molar-refractivity contribution is 0.187. The number of hydrogen-bond acceptors (Lipinski definition) is 7. The minimum Gasteiger partial charge on any atom is -0.379 e. The zero-order valence-corrected chi connectivity index (χ0v) is 10.6.